The molecule has 0 bridgehead atoms. The number of carbonyl (C=O) groups is 1. The van der Waals surface area contributed by atoms with Gasteiger partial charge in [0, 0.05) is 5.56 Å². The number of para-hydroxylation sites is 2. The first kappa shape index (κ1) is 13.9. The summed E-state index contributed by atoms with van der Waals surface area (Å²) in [6.07, 6.45) is 2.95. The lowest BCUT2D eigenvalue weighted by Crippen LogP contribution is -2.14. The highest BCUT2D eigenvalue weighted by atomic mass is 19.1. The van der Waals surface area contributed by atoms with Crippen molar-refractivity contribution in [3.63, 3.8) is 0 Å². The number of nitrogens with one attached hydrogen (secondary N) is 1. The smallest absolute Gasteiger partial charge is 0.255 e. The fourth-order valence-electron chi connectivity index (χ4n) is 2.04. The highest BCUT2D eigenvalue weighted by Gasteiger charge is 2.11. The Hall–Kier alpha value is -3.02. The number of aryl methyl sites for hydroxylation is 1. The number of amides is 1. The first-order chi connectivity index (χ1) is 10.6. The number of rotatable bonds is 3. The molecule has 22 heavy (non-hydrogen) atoms. The van der Waals surface area contributed by atoms with Crippen LogP contribution in [0.25, 0.3) is 5.69 Å². The van der Waals surface area contributed by atoms with Crippen molar-refractivity contribution >= 4 is 11.6 Å². The van der Waals surface area contributed by atoms with E-state index in [1.165, 1.54) is 18.7 Å². The molecule has 0 unspecified atom stereocenters. The van der Waals surface area contributed by atoms with Crippen LogP contribution in [-0.2, 0) is 0 Å². The molecular weight excluding hydrogens is 283 g/mol. The maximum Gasteiger partial charge on any atom is 0.255 e. The number of halogens is 1. The van der Waals surface area contributed by atoms with Gasteiger partial charge in [-0.05, 0) is 36.8 Å². The summed E-state index contributed by atoms with van der Waals surface area (Å²) in [5.74, 6) is -0.788. The Morgan fingerprint density at radius 1 is 1.23 bits per heavy atom. The lowest BCUT2D eigenvalue weighted by atomic mass is 10.1. The summed E-state index contributed by atoms with van der Waals surface area (Å²) >= 11 is 0. The van der Waals surface area contributed by atoms with Gasteiger partial charge in [-0.25, -0.2) is 14.1 Å². The van der Waals surface area contributed by atoms with Crippen LogP contribution in [0.1, 0.15) is 15.9 Å². The minimum absolute atomic E-state index is 0.261. The number of anilines is 1. The third kappa shape index (κ3) is 2.71. The Balaban J connectivity index is 1.90. The van der Waals surface area contributed by atoms with E-state index in [1.807, 2.05) is 6.07 Å². The summed E-state index contributed by atoms with van der Waals surface area (Å²) in [7, 11) is 0. The zero-order chi connectivity index (χ0) is 15.5. The lowest BCUT2D eigenvalue weighted by molar-refractivity contribution is 0.102. The van der Waals surface area contributed by atoms with E-state index >= 15 is 0 Å². The van der Waals surface area contributed by atoms with Crippen molar-refractivity contribution in [3.8, 4) is 5.69 Å². The molecule has 1 heterocycles. The molecule has 5 nitrogen and oxygen atoms in total. The second-order valence-electron chi connectivity index (χ2n) is 4.78. The molecule has 0 spiro atoms. The average molecular weight is 296 g/mol. The third-order valence-corrected chi connectivity index (χ3v) is 3.25. The first-order valence-electron chi connectivity index (χ1n) is 6.66. The molecule has 0 saturated carbocycles. The Labute approximate surface area is 126 Å². The SMILES string of the molecule is Cc1ccc(C(=O)Nc2ccccc2-n2cncn2)cc1F. The molecule has 6 heteroatoms. The number of hydrogen-bond acceptors (Lipinski definition) is 3. The third-order valence-electron chi connectivity index (χ3n) is 3.25. The molecule has 0 saturated heterocycles. The number of hydrogen-bond donors (Lipinski definition) is 1. The van der Waals surface area contributed by atoms with E-state index in [9.17, 15) is 9.18 Å². The van der Waals surface area contributed by atoms with Crippen molar-refractivity contribution < 1.29 is 9.18 Å². The van der Waals surface area contributed by atoms with Crippen LogP contribution in [0.4, 0.5) is 10.1 Å². The van der Waals surface area contributed by atoms with Crippen LogP contribution in [0.15, 0.2) is 55.1 Å². The van der Waals surface area contributed by atoms with E-state index < -0.39 is 5.82 Å². The standard InChI is InChI=1S/C16H13FN4O/c1-11-6-7-12(8-13(11)17)16(22)20-14-4-2-3-5-15(14)21-10-18-9-19-21/h2-10H,1H3,(H,20,22). The molecule has 1 amide bonds. The summed E-state index contributed by atoms with van der Waals surface area (Å²) < 4.78 is 15.1. The van der Waals surface area contributed by atoms with E-state index in [0.29, 0.717) is 16.9 Å². The van der Waals surface area contributed by atoms with Gasteiger partial charge in [-0.15, -0.1) is 0 Å². The summed E-state index contributed by atoms with van der Waals surface area (Å²) in [6.45, 7) is 1.65. The van der Waals surface area contributed by atoms with Gasteiger partial charge in [0.25, 0.3) is 5.91 Å². The summed E-state index contributed by atoms with van der Waals surface area (Å²) in [5.41, 5.74) is 2.01. The van der Waals surface area contributed by atoms with Gasteiger partial charge in [0.1, 0.15) is 18.5 Å². The number of aromatic nitrogens is 3. The van der Waals surface area contributed by atoms with Crippen LogP contribution in [0.5, 0.6) is 0 Å². The minimum Gasteiger partial charge on any atom is -0.320 e. The fraction of sp³-hybridized carbons (Fsp3) is 0.0625. The molecule has 1 aromatic heterocycles. The van der Waals surface area contributed by atoms with E-state index in [-0.39, 0.29) is 11.5 Å². The van der Waals surface area contributed by atoms with Gasteiger partial charge in [0.05, 0.1) is 11.4 Å². The average Bonchev–Trinajstić information content (AvgIpc) is 3.04. The lowest BCUT2D eigenvalue weighted by Gasteiger charge is -2.11. The molecule has 0 fully saturated rings. The van der Waals surface area contributed by atoms with E-state index in [0.717, 1.165) is 0 Å². The number of nitrogens with zero attached hydrogens (tertiary/aromatic N) is 3. The summed E-state index contributed by atoms with van der Waals surface area (Å²) in [5, 5.41) is 6.81. The predicted molar refractivity (Wildman–Crippen MR) is 80.4 cm³/mol. The zero-order valence-corrected chi connectivity index (χ0v) is 11.8. The summed E-state index contributed by atoms with van der Waals surface area (Å²) in [6, 6.07) is 11.6. The second-order valence-corrected chi connectivity index (χ2v) is 4.78. The van der Waals surface area contributed by atoms with E-state index in [2.05, 4.69) is 15.4 Å². The van der Waals surface area contributed by atoms with Crippen LogP contribution in [0, 0.1) is 12.7 Å². The normalized spacial score (nSPS) is 10.5. The maximum absolute atomic E-state index is 13.6. The topological polar surface area (TPSA) is 59.8 Å². The molecule has 0 atom stereocenters. The van der Waals surface area contributed by atoms with E-state index in [1.54, 1.807) is 41.9 Å². The molecular formula is C16H13FN4O. The second kappa shape index (κ2) is 5.77. The fourth-order valence-corrected chi connectivity index (χ4v) is 2.04. The maximum atomic E-state index is 13.6. The van der Waals surface area contributed by atoms with Gasteiger partial charge >= 0.3 is 0 Å². The molecule has 110 valence electrons. The molecule has 0 radical (unpaired) electrons. The Bertz CT molecular complexity index is 815. The highest BCUT2D eigenvalue weighted by molar-refractivity contribution is 6.05. The summed E-state index contributed by atoms with van der Waals surface area (Å²) in [4.78, 5) is 16.2. The number of benzene rings is 2. The van der Waals surface area contributed by atoms with Crippen LogP contribution in [0.3, 0.4) is 0 Å². The van der Waals surface area contributed by atoms with Gasteiger partial charge in [0.15, 0.2) is 0 Å². The zero-order valence-electron chi connectivity index (χ0n) is 11.8. The first-order valence-corrected chi connectivity index (χ1v) is 6.66. The van der Waals surface area contributed by atoms with Gasteiger partial charge < -0.3 is 5.32 Å². The van der Waals surface area contributed by atoms with Gasteiger partial charge in [0.2, 0.25) is 0 Å². The molecule has 0 aliphatic rings. The molecule has 3 rings (SSSR count). The van der Waals surface area contributed by atoms with Crippen LogP contribution < -0.4 is 5.32 Å². The van der Waals surface area contributed by atoms with Crippen molar-refractivity contribution in [3.05, 3.63) is 72.1 Å². The van der Waals surface area contributed by atoms with Crippen molar-refractivity contribution in [1.29, 1.82) is 0 Å². The van der Waals surface area contributed by atoms with Crippen molar-refractivity contribution in [2.45, 2.75) is 6.92 Å². The highest BCUT2D eigenvalue weighted by Crippen LogP contribution is 2.20. The van der Waals surface area contributed by atoms with Gasteiger partial charge in [-0.3, -0.25) is 4.79 Å². The van der Waals surface area contributed by atoms with Gasteiger partial charge in [-0.2, -0.15) is 5.10 Å². The van der Waals surface area contributed by atoms with Crippen molar-refractivity contribution in [1.82, 2.24) is 14.8 Å². The largest absolute Gasteiger partial charge is 0.320 e. The Kier molecular flexibility index (Phi) is 3.65. The Morgan fingerprint density at radius 3 is 2.77 bits per heavy atom. The number of carbonyl (C=O) groups excluding carboxylic acids is 1. The van der Waals surface area contributed by atoms with Crippen LogP contribution >= 0.6 is 0 Å². The quantitative estimate of drug-likeness (QED) is 0.808. The van der Waals surface area contributed by atoms with E-state index in [4.69, 9.17) is 0 Å². The molecule has 2 aromatic carbocycles. The van der Waals surface area contributed by atoms with Crippen LogP contribution in [0.2, 0.25) is 0 Å². The monoisotopic (exact) mass is 296 g/mol. The van der Waals surface area contributed by atoms with Crippen LogP contribution in [-0.4, -0.2) is 20.7 Å². The molecule has 3 aromatic rings. The molecule has 1 N–H and O–H groups in total. The Morgan fingerprint density at radius 2 is 2.05 bits per heavy atom. The molecule has 0 aliphatic heterocycles. The molecule has 0 aliphatic carbocycles. The van der Waals surface area contributed by atoms with Gasteiger partial charge in [-0.1, -0.05) is 18.2 Å². The van der Waals surface area contributed by atoms with Crippen molar-refractivity contribution in [2.24, 2.45) is 0 Å². The minimum atomic E-state index is -0.405. The predicted octanol–water partition coefficient (Wildman–Crippen LogP) is 2.97. The van der Waals surface area contributed by atoms with Crippen molar-refractivity contribution in [2.75, 3.05) is 5.32 Å².